The van der Waals surface area contributed by atoms with Gasteiger partial charge in [0.1, 0.15) is 0 Å². The Balaban J connectivity index is 2.76. The summed E-state index contributed by atoms with van der Waals surface area (Å²) in [6, 6.07) is 0. The topological polar surface area (TPSA) is 0 Å². The summed E-state index contributed by atoms with van der Waals surface area (Å²) in [5, 5.41) is 1.74. The Morgan fingerprint density at radius 3 is 1.80 bits per heavy atom. The largest absolute Gasteiger partial charge is 0.109 e. The van der Waals surface area contributed by atoms with Crippen LogP contribution in [0.4, 0.5) is 0 Å². The molecule has 0 atom stereocenters. The van der Waals surface area contributed by atoms with E-state index in [2.05, 4.69) is 20.5 Å². The summed E-state index contributed by atoms with van der Waals surface area (Å²) in [6.45, 7) is 6.68. The highest BCUT2D eigenvalue weighted by atomic mass is 31.2. The van der Waals surface area contributed by atoms with Crippen LogP contribution in [0.2, 0.25) is 0 Å². The SMILES string of the molecule is CC(C)=P1(C)CCCCC1. The fourth-order valence-corrected chi connectivity index (χ4v) is 4.62. The van der Waals surface area contributed by atoms with E-state index in [4.69, 9.17) is 0 Å². The third-order valence-corrected chi connectivity index (χ3v) is 7.65. The van der Waals surface area contributed by atoms with Gasteiger partial charge in [-0.2, -0.15) is 0 Å². The molecular weight excluding hydrogens is 139 g/mol. The molecular formula is C9H19P. The highest BCUT2D eigenvalue weighted by Crippen LogP contribution is 2.49. The van der Waals surface area contributed by atoms with Crippen LogP contribution in [-0.4, -0.2) is 24.3 Å². The Kier molecular flexibility index (Phi) is 2.63. The van der Waals surface area contributed by atoms with E-state index in [-0.39, 0.29) is 0 Å². The van der Waals surface area contributed by atoms with Gasteiger partial charge in [-0.25, -0.2) is 0 Å². The van der Waals surface area contributed by atoms with Crippen LogP contribution in [-0.2, 0) is 0 Å². The molecule has 0 spiro atoms. The first-order valence-electron chi connectivity index (χ1n) is 4.30. The van der Waals surface area contributed by atoms with Gasteiger partial charge in [0.2, 0.25) is 0 Å². The maximum absolute atomic E-state index is 2.53. The Hall–Kier alpha value is 0.300. The Labute approximate surface area is 65.0 Å². The molecule has 0 N–H and O–H groups in total. The second kappa shape index (κ2) is 3.13. The van der Waals surface area contributed by atoms with Gasteiger partial charge in [0, 0.05) is 0 Å². The molecule has 0 aromatic rings. The Morgan fingerprint density at radius 2 is 1.50 bits per heavy atom. The van der Waals surface area contributed by atoms with E-state index >= 15 is 0 Å². The van der Waals surface area contributed by atoms with Crippen molar-refractivity contribution in [3.63, 3.8) is 0 Å². The van der Waals surface area contributed by atoms with Gasteiger partial charge in [-0.3, -0.25) is 0 Å². The smallest absolute Gasteiger partial charge is 0.0330 e. The minimum absolute atomic E-state index is 0.519. The maximum Gasteiger partial charge on any atom is -0.0330 e. The van der Waals surface area contributed by atoms with Gasteiger partial charge in [-0.15, -0.1) is 6.89 Å². The van der Waals surface area contributed by atoms with Gasteiger partial charge in [-0.05, 0) is 45.7 Å². The first-order valence-corrected chi connectivity index (χ1v) is 6.91. The van der Waals surface area contributed by atoms with Gasteiger partial charge >= 0.3 is 0 Å². The molecule has 0 saturated carbocycles. The predicted octanol–water partition coefficient (Wildman–Crippen LogP) is 3.03. The third kappa shape index (κ3) is 1.66. The molecule has 0 aromatic carbocycles. The molecule has 0 aliphatic carbocycles. The van der Waals surface area contributed by atoms with Crippen LogP contribution in [0, 0.1) is 0 Å². The molecule has 1 fully saturated rings. The van der Waals surface area contributed by atoms with Crippen LogP contribution in [0.1, 0.15) is 33.1 Å². The third-order valence-electron chi connectivity index (χ3n) is 2.88. The maximum atomic E-state index is 2.53. The molecule has 10 heavy (non-hydrogen) atoms. The zero-order valence-electron chi connectivity index (χ0n) is 7.48. The molecule has 1 saturated heterocycles. The van der Waals surface area contributed by atoms with Gasteiger partial charge < -0.3 is 0 Å². The average molecular weight is 158 g/mol. The summed E-state index contributed by atoms with van der Waals surface area (Å²) in [4.78, 5) is 0. The number of hydrogen-bond acceptors (Lipinski definition) is 0. The van der Waals surface area contributed by atoms with E-state index in [0.717, 1.165) is 0 Å². The minimum atomic E-state index is -0.519. The monoisotopic (exact) mass is 158 g/mol. The van der Waals surface area contributed by atoms with Gasteiger partial charge in [0.05, 0.1) is 0 Å². The molecule has 0 nitrogen and oxygen atoms in total. The predicted molar refractivity (Wildman–Crippen MR) is 52.8 cm³/mol. The molecule has 1 heteroatoms. The normalized spacial score (nSPS) is 24.3. The Morgan fingerprint density at radius 1 is 1.00 bits per heavy atom. The van der Waals surface area contributed by atoms with Gasteiger partial charge in [0.25, 0.3) is 0 Å². The summed E-state index contributed by atoms with van der Waals surface area (Å²) in [6.07, 6.45) is 7.55. The fraction of sp³-hybridized carbons (Fsp3) is 0.889. The second-order valence-corrected chi connectivity index (χ2v) is 8.43. The van der Waals surface area contributed by atoms with Crippen molar-refractivity contribution in [1.82, 2.24) is 0 Å². The van der Waals surface area contributed by atoms with Crippen molar-refractivity contribution in [2.75, 3.05) is 19.0 Å². The summed E-state index contributed by atoms with van der Waals surface area (Å²) in [7, 11) is 0. The highest BCUT2D eigenvalue weighted by Gasteiger charge is 2.15. The van der Waals surface area contributed by atoms with Crippen molar-refractivity contribution >= 4 is 12.2 Å². The first kappa shape index (κ1) is 8.40. The lowest BCUT2D eigenvalue weighted by Crippen LogP contribution is -2.06. The minimum Gasteiger partial charge on any atom is -0.109 e. The summed E-state index contributed by atoms with van der Waals surface area (Å²) >= 11 is 0. The summed E-state index contributed by atoms with van der Waals surface area (Å²) in [5.74, 6) is 0. The fourth-order valence-electron chi connectivity index (χ4n) is 1.66. The molecule has 0 unspecified atom stereocenters. The Bertz CT molecular complexity index is 154. The van der Waals surface area contributed by atoms with Crippen LogP contribution in [0.3, 0.4) is 0 Å². The van der Waals surface area contributed by atoms with Crippen molar-refractivity contribution in [1.29, 1.82) is 0 Å². The van der Waals surface area contributed by atoms with Crippen molar-refractivity contribution in [2.24, 2.45) is 0 Å². The van der Waals surface area contributed by atoms with E-state index in [1.165, 1.54) is 31.6 Å². The molecule has 1 rings (SSSR count). The van der Waals surface area contributed by atoms with Crippen LogP contribution < -0.4 is 0 Å². The summed E-state index contributed by atoms with van der Waals surface area (Å²) < 4.78 is 0. The average Bonchev–Trinajstić information content (AvgIpc) is 1.89. The summed E-state index contributed by atoms with van der Waals surface area (Å²) in [5.41, 5.74) is 0. The van der Waals surface area contributed by atoms with Crippen LogP contribution >= 0.6 is 6.89 Å². The molecule has 0 radical (unpaired) electrons. The van der Waals surface area contributed by atoms with Crippen LogP contribution in [0.25, 0.3) is 0 Å². The molecule has 1 aliphatic rings. The van der Waals surface area contributed by atoms with E-state index in [1.807, 2.05) is 0 Å². The van der Waals surface area contributed by atoms with E-state index in [1.54, 1.807) is 5.29 Å². The highest BCUT2D eigenvalue weighted by molar-refractivity contribution is 7.75. The van der Waals surface area contributed by atoms with Crippen molar-refractivity contribution in [2.45, 2.75) is 33.1 Å². The quantitative estimate of drug-likeness (QED) is 0.475. The first-order chi connectivity index (χ1) is 4.65. The van der Waals surface area contributed by atoms with E-state index in [0.29, 0.717) is 0 Å². The zero-order chi connectivity index (χ0) is 7.61. The molecule has 1 aliphatic heterocycles. The van der Waals surface area contributed by atoms with Gasteiger partial charge in [0.15, 0.2) is 0 Å². The molecule has 60 valence electrons. The molecule has 1 heterocycles. The van der Waals surface area contributed by atoms with Crippen LogP contribution in [0.15, 0.2) is 0 Å². The van der Waals surface area contributed by atoms with Gasteiger partial charge in [-0.1, -0.05) is 11.7 Å². The lowest BCUT2D eigenvalue weighted by Gasteiger charge is -2.28. The standard InChI is InChI=1S/C9H19P/c1-9(2)10(3)7-5-4-6-8-10/h4-8H2,1-3H3. The lowest BCUT2D eigenvalue weighted by atomic mass is 10.3. The lowest BCUT2D eigenvalue weighted by molar-refractivity contribution is 0.752. The molecule has 0 aromatic heterocycles. The zero-order valence-corrected chi connectivity index (χ0v) is 8.38. The van der Waals surface area contributed by atoms with E-state index < -0.39 is 6.89 Å². The van der Waals surface area contributed by atoms with E-state index in [9.17, 15) is 0 Å². The number of rotatable bonds is 0. The van der Waals surface area contributed by atoms with Crippen molar-refractivity contribution < 1.29 is 0 Å². The van der Waals surface area contributed by atoms with Crippen molar-refractivity contribution in [3.05, 3.63) is 0 Å². The van der Waals surface area contributed by atoms with Crippen molar-refractivity contribution in [3.8, 4) is 0 Å². The molecule has 0 amide bonds. The molecule has 0 bridgehead atoms. The van der Waals surface area contributed by atoms with Crippen LogP contribution in [0.5, 0.6) is 0 Å². The second-order valence-electron chi connectivity index (χ2n) is 3.85. The number of hydrogen-bond donors (Lipinski definition) is 0.